The summed E-state index contributed by atoms with van der Waals surface area (Å²) < 4.78 is 1.69. The fourth-order valence-electron chi connectivity index (χ4n) is 2.64. The van der Waals surface area contributed by atoms with E-state index in [2.05, 4.69) is 41.2 Å². The topological polar surface area (TPSA) is 50.9 Å². The minimum Gasteiger partial charge on any atom is -0.494 e. The van der Waals surface area contributed by atoms with Crippen LogP contribution in [0.25, 0.3) is 16.9 Å². The van der Waals surface area contributed by atoms with E-state index in [0.717, 1.165) is 34.6 Å². The number of hydrogen-bond acceptors (Lipinski definition) is 3. The maximum atomic E-state index is 10.3. The van der Waals surface area contributed by atoms with E-state index in [1.807, 2.05) is 27.0 Å². The van der Waals surface area contributed by atoms with E-state index >= 15 is 0 Å². The smallest absolute Gasteiger partial charge is 0.197 e. The second kappa shape index (κ2) is 5.88. The Morgan fingerprint density at radius 2 is 1.57 bits per heavy atom. The Kier molecular flexibility index (Phi) is 3.90. The van der Waals surface area contributed by atoms with Crippen molar-refractivity contribution >= 4 is 0 Å². The maximum absolute atomic E-state index is 10.3. The first-order chi connectivity index (χ1) is 11.0. The predicted octanol–water partition coefficient (Wildman–Crippen LogP) is 4.13. The zero-order valence-electron chi connectivity index (χ0n) is 14.0. The first kappa shape index (κ1) is 15.3. The first-order valence-corrected chi connectivity index (χ1v) is 7.82. The van der Waals surface area contributed by atoms with Crippen molar-refractivity contribution in [3.8, 4) is 22.8 Å². The fraction of sp³-hybridized carbons (Fsp3) is 0.263. The van der Waals surface area contributed by atoms with Gasteiger partial charge in [-0.05, 0) is 38.3 Å². The summed E-state index contributed by atoms with van der Waals surface area (Å²) in [6.45, 7) is 7.91. The second-order valence-electron chi connectivity index (χ2n) is 5.81. The Bertz CT molecular complexity index is 848. The van der Waals surface area contributed by atoms with Gasteiger partial charge in [0.15, 0.2) is 11.7 Å². The van der Waals surface area contributed by atoms with Crippen LogP contribution in [0.2, 0.25) is 0 Å². The highest BCUT2D eigenvalue weighted by Gasteiger charge is 2.13. The number of aromatic nitrogens is 3. The van der Waals surface area contributed by atoms with E-state index in [1.54, 1.807) is 10.6 Å². The number of aromatic hydroxyl groups is 1. The number of hydrogen-bond donors (Lipinski definition) is 1. The molecule has 2 aromatic heterocycles. The molecule has 0 saturated carbocycles. The average Bonchev–Trinajstić information content (AvgIpc) is 2.93. The molecule has 118 valence electrons. The summed E-state index contributed by atoms with van der Waals surface area (Å²) in [5, 5.41) is 10.3. The molecule has 1 aromatic carbocycles. The summed E-state index contributed by atoms with van der Waals surface area (Å²) in [6.07, 6.45) is 2.92. The molecule has 0 fully saturated rings. The minimum atomic E-state index is 0.167. The molecular weight excluding hydrogens is 286 g/mol. The molecule has 3 rings (SSSR count). The summed E-state index contributed by atoms with van der Waals surface area (Å²) in [5.74, 6) is 0.835. The monoisotopic (exact) mass is 307 g/mol. The van der Waals surface area contributed by atoms with Crippen LogP contribution in [0.5, 0.6) is 5.88 Å². The lowest BCUT2D eigenvalue weighted by Crippen LogP contribution is -2.04. The van der Waals surface area contributed by atoms with Crippen molar-refractivity contribution in [3.63, 3.8) is 0 Å². The Morgan fingerprint density at radius 3 is 2.22 bits per heavy atom. The summed E-state index contributed by atoms with van der Waals surface area (Å²) in [7, 11) is 0. The van der Waals surface area contributed by atoms with Crippen molar-refractivity contribution in [2.75, 3.05) is 0 Å². The minimum absolute atomic E-state index is 0.167. The molecule has 0 atom stereocenters. The SMILES string of the molecule is CCc1ccc(-c2cc(O)n(-c3nc(C)c(C)nc3C)c2)cc1. The van der Waals surface area contributed by atoms with Gasteiger partial charge >= 0.3 is 0 Å². The number of aryl methyl sites for hydroxylation is 4. The van der Waals surface area contributed by atoms with Crippen LogP contribution in [0.4, 0.5) is 0 Å². The number of benzene rings is 1. The van der Waals surface area contributed by atoms with Crippen LogP contribution >= 0.6 is 0 Å². The highest BCUT2D eigenvalue weighted by molar-refractivity contribution is 5.66. The van der Waals surface area contributed by atoms with Crippen molar-refractivity contribution in [1.29, 1.82) is 0 Å². The van der Waals surface area contributed by atoms with Gasteiger partial charge in [0.1, 0.15) is 0 Å². The third kappa shape index (κ3) is 2.84. The van der Waals surface area contributed by atoms with Gasteiger partial charge in [-0.15, -0.1) is 0 Å². The molecule has 1 N–H and O–H groups in total. The lowest BCUT2D eigenvalue weighted by molar-refractivity contribution is 0.441. The molecule has 4 heteroatoms. The quantitative estimate of drug-likeness (QED) is 0.791. The van der Waals surface area contributed by atoms with Crippen LogP contribution in [0.1, 0.15) is 29.6 Å². The van der Waals surface area contributed by atoms with Gasteiger partial charge in [0.2, 0.25) is 0 Å². The molecule has 0 bridgehead atoms. The number of nitrogens with zero attached hydrogens (tertiary/aromatic N) is 3. The normalized spacial score (nSPS) is 11.0. The Balaban J connectivity index is 2.06. The van der Waals surface area contributed by atoms with Gasteiger partial charge < -0.3 is 5.11 Å². The lowest BCUT2D eigenvalue weighted by atomic mass is 10.1. The highest BCUT2D eigenvalue weighted by atomic mass is 16.3. The third-order valence-electron chi connectivity index (χ3n) is 4.18. The molecule has 0 radical (unpaired) electrons. The van der Waals surface area contributed by atoms with E-state index in [-0.39, 0.29) is 5.88 Å². The molecular formula is C19H21N3O. The van der Waals surface area contributed by atoms with Crippen molar-refractivity contribution in [2.24, 2.45) is 0 Å². The average molecular weight is 307 g/mol. The van der Waals surface area contributed by atoms with Crippen LogP contribution in [0.3, 0.4) is 0 Å². The van der Waals surface area contributed by atoms with Crippen molar-refractivity contribution in [3.05, 3.63) is 59.2 Å². The van der Waals surface area contributed by atoms with Crippen LogP contribution in [0.15, 0.2) is 36.5 Å². The van der Waals surface area contributed by atoms with E-state index in [4.69, 9.17) is 0 Å². The van der Waals surface area contributed by atoms with Gasteiger partial charge in [-0.3, -0.25) is 9.55 Å². The Morgan fingerprint density at radius 1 is 0.913 bits per heavy atom. The predicted molar refractivity (Wildman–Crippen MR) is 92.0 cm³/mol. The molecule has 0 amide bonds. The van der Waals surface area contributed by atoms with Crippen LogP contribution in [-0.2, 0) is 6.42 Å². The van der Waals surface area contributed by atoms with Gasteiger partial charge in [0.05, 0.1) is 17.1 Å². The zero-order chi connectivity index (χ0) is 16.6. The molecule has 2 heterocycles. The lowest BCUT2D eigenvalue weighted by Gasteiger charge is -2.09. The Hall–Kier alpha value is -2.62. The van der Waals surface area contributed by atoms with Gasteiger partial charge in [0, 0.05) is 17.8 Å². The fourth-order valence-corrected chi connectivity index (χ4v) is 2.64. The largest absolute Gasteiger partial charge is 0.494 e. The molecule has 23 heavy (non-hydrogen) atoms. The van der Waals surface area contributed by atoms with E-state index in [9.17, 15) is 5.11 Å². The van der Waals surface area contributed by atoms with Gasteiger partial charge in [-0.2, -0.15) is 0 Å². The summed E-state index contributed by atoms with van der Waals surface area (Å²) in [6, 6.07) is 10.2. The summed E-state index contributed by atoms with van der Waals surface area (Å²) in [4.78, 5) is 9.08. The van der Waals surface area contributed by atoms with Gasteiger partial charge in [0.25, 0.3) is 0 Å². The standard InChI is InChI=1S/C19H21N3O/c1-5-15-6-8-16(9-7-15)17-10-18(23)22(11-17)19-14(4)20-12(2)13(3)21-19/h6-11,23H,5H2,1-4H3. The number of rotatable bonds is 3. The summed E-state index contributed by atoms with van der Waals surface area (Å²) in [5.41, 5.74) is 5.91. The van der Waals surface area contributed by atoms with E-state index < -0.39 is 0 Å². The van der Waals surface area contributed by atoms with Gasteiger partial charge in [-0.25, -0.2) is 4.98 Å². The van der Waals surface area contributed by atoms with E-state index in [1.165, 1.54) is 5.56 Å². The molecule has 4 nitrogen and oxygen atoms in total. The highest BCUT2D eigenvalue weighted by Crippen LogP contribution is 2.29. The van der Waals surface area contributed by atoms with Gasteiger partial charge in [-0.1, -0.05) is 31.2 Å². The molecule has 0 aliphatic carbocycles. The van der Waals surface area contributed by atoms with Crippen molar-refractivity contribution in [2.45, 2.75) is 34.1 Å². The summed E-state index contributed by atoms with van der Waals surface area (Å²) >= 11 is 0. The molecule has 0 saturated heterocycles. The van der Waals surface area contributed by atoms with Crippen molar-refractivity contribution in [1.82, 2.24) is 14.5 Å². The zero-order valence-corrected chi connectivity index (χ0v) is 14.0. The maximum Gasteiger partial charge on any atom is 0.197 e. The molecule has 0 unspecified atom stereocenters. The molecule has 3 aromatic rings. The third-order valence-corrected chi connectivity index (χ3v) is 4.18. The van der Waals surface area contributed by atoms with Crippen LogP contribution in [0, 0.1) is 20.8 Å². The first-order valence-electron chi connectivity index (χ1n) is 7.82. The Labute approximate surface area is 136 Å². The second-order valence-corrected chi connectivity index (χ2v) is 5.81. The molecule has 0 aliphatic heterocycles. The van der Waals surface area contributed by atoms with Crippen LogP contribution < -0.4 is 0 Å². The molecule has 0 spiro atoms. The molecule has 0 aliphatic rings. The van der Waals surface area contributed by atoms with Crippen LogP contribution in [-0.4, -0.2) is 19.6 Å². The van der Waals surface area contributed by atoms with E-state index in [0.29, 0.717) is 5.82 Å². The van der Waals surface area contributed by atoms with Crippen molar-refractivity contribution < 1.29 is 5.11 Å².